The molecule has 0 aromatic heterocycles. The molecular weight excluding hydrogens is 1700 g/mol. The number of hydrogen-bond acceptors (Lipinski definition) is 7. The summed E-state index contributed by atoms with van der Waals surface area (Å²) < 4.78 is 148. The second-order valence-corrected chi connectivity index (χ2v) is 32.3. The molecule has 3 heterocycles. The van der Waals surface area contributed by atoms with Gasteiger partial charge in [-0.2, -0.15) is 0 Å². The molecule has 134 heavy (non-hydrogen) atoms. The number of halogens is 11. The molecular formula is C116H114F11N7. The van der Waals surface area contributed by atoms with Crippen molar-refractivity contribution in [3.05, 3.63) is 529 Å². The lowest BCUT2D eigenvalue weighted by Gasteiger charge is -2.31. The number of rotatable bonds is 22. The van der Waals surface area contributed by atoms with E-state index in [0.29, 0.717) is 25.6 Å². The average molecular weight is 1820 g/mol. The molecule has 14 aromatic carbocycles. The predicted octanol–water partition coefficient (Wildman–Crippen LogP) is 26.0. The van der Waals surface area contributed by atoms with E-state index in [2.05, 4.69) is 38.7 Å². The van der Waals surface area contributed by atoms with E-state index in [1.54, 1.807) is 84.9 Å². The standard InChI is InChI=1S/C18H19F2N.2C18H17F2N.C16H15F2N.C16H18FN.2C15H14FN/c2*19-16-7-1-4-13(10-16)18(15-6-3-9-21-12-15)14-5-2-8-17(20)11-14;19-16-5-1-3-14(11-16)18(13-7-9-21-10-8-13)15-4-2-6-17(20)12-15;1-19-9-8-16(12-4-2-6-14(17)10-12)13-5-3-7-15(18)11-13;1-18-11-10-16(13-6-3-2-4-7-13)14-8-5-9-15(17)12-14;2*16-14-8-4-7-13(11-14)15(9-10-17)12-5-2-1-3-6-12/h1-2,4-5,7-8,10-11,15,18,21H,3,6,9,12H2;1-2,4-5,7-8,10-11,21H,3,6,9,12H2;1-6,11-12,21H,7-10H2;2-8,10-11,19H,9H2,1H3;2-9,12,16,18H,10-11H2,1H3;2*1-9,11H,10,17H2/b;;;;;15-9+;15-9-. The van der Waals surface area contributed by atoms with Crippen LogP contribution < -0.4 is 38.1 Å². The third kappa shape index (κ3) is 32.0. The molecule has 3 saturated heterocycles. The molecule has 2 atom stereocenters. The van der Waals surface area contributed by atoms with E-state index < -0.39 is 0 Å². The van der Waals surface area contributed by atoms with Crippen molar-refractivity contribution in [2.45, 2.75) is 56.8 Å². The van der Waals surface area contributed by atoms with Crippen molar-refractivity contribution >= 4 is 27.9 Å². The molecule has 18 heteroatoms. The smallest absolute Gasteiger partial charge is 0.123 e. The van der Waals surface area contributed by atoms with E-state index in [1.807, 2.05) is 178 Å². The number of nitrogens with two attached hydrogens (primary N) is 2. The third-order valence-corrected chi connectivity index (χ3v) is 22.8. The minimum absolute atomic E-state index is 0.0317. The van der Waals surface area contributed by atoms with Crippen LogP contribution in [0.3, 0.4) is 0 Å². The molecule has 9 N–H and O–H groups in total. The summed E-state index contributed by atoms with van der Waals surface area (Å²) in [4.78, 5) is 0. The van der Waals surface area contributed by atoms with E-state index in [4.69, 9.17) is 11.5 Å². The zero-order valence-electron chi connectivity index (χ0n) is 75.4. The van der Waals surface area contributed by atoms with Gasteiger partial charge in [0.15, 0.2) is 0 Å². The van der Waals surface area contributed by atoms with Crippen LogP contribution >= 0.6 is 0 Å². The Kier molecular flexibility index (Phi) is 41.3. The maximum absolute atomic E-state index is 13.6. The number of hydrogen-bond donors (Lipinski definition) is 7. The van der Waals surface area contributed by atoms with Crippen molar-refractivity contribution in [1.82, 2.24) is 26.6 Å². The maximum Gasteiger partial charge on any atom is 0.123 e. The quantitative estimate of drug-likeness (QED) is 0.0339. The molecule has 0 aliphatic carbocycles. The maximum atomic E-state index is 13.6. The monoisotopic (exact) mass is 1810 g/mol. The van der Waals surface area contributed by atoms with Gasteiger partial charge in [0.05, 0.1) is 0 Å². The first-order valence-corrected chi connectivity index (χ1v) is 45.2. The minimum atomic E-state index is -0.302. The molecule has 0 radical (unpaired) electrons. The Labute approximate surface area is 781 Å². The van der Waals surface area contributed by atoms with Crippen LogP contribution in [0.4, 0.5) is 48.3 Å². The average Bonchev–Trinajstić information content (AvgIpc) is 0.812. The first kappa shape index (κ1) is 101. The number of piperidine rings is 3. The van der Waals surface area contributed by atoms with Crippen LogP contribution in [0.25, 0.3) is 27.9 Å². The van der Waals surface area contributed by atoms with Gasteiger partial charge >= 0.3 is 0 Å². The number of benzene rings is 14. The van der Waals surface area contributed by atoms with Crippen molar-refractivity contribution in [2.24, 2.45) is 17.4 Å². The van der Waals surface area contributed by atoms with Crippen molar-refractivity contribution < 1.29 is 48.3 Å². The summed E-state index contributed by atoms with van der Waals surface area (Å²) in [5.41, 5.74) is 30.9. The lowest BCUT2D eigenvalue weighted by Crippen LogP contribution is -2.33. The van der Waals surface area contributed by atoms with Crippen LogP contribution in [0, 0.1) is 69.9 Å². The Morgan fingerprint density at radius 3 is 0.955 bits per heavy atom. The van der Waals surface area contributed by atoms with Crippen LogP contribution in [0.1, 0.15) is 135 Å². The Balaban J connectivity index is 0.000000151. The predicted molar refractivity (Wildman–Crippen MR) is 527 cm³/mol. The lowest BCUT2D eigenvalue weighted by atomic mass is 9.77. The molecule has 3 aliphatic heterocycles. The Bertz CT molecular complexity index is 5730. The van der Waals surface area contributed by atoms with Gasteiger partial charge in [0.25, 0.3) is 0 Å². The van der Waals surface area contributed by atoms with Gasteiger partial charge in [-0.3, -0.25) is 0 Å². The molecule has 0 bridgehead atoms. The molecule has 3 aliphatic rings. The number of likely N-dealkylation sites (N-methyl/N-ethyl adjacent to an activating group) is 1. The van der Waals surface area contributed by atoms with E-state index in [-0.39, 0.29) is 75.8 Å². The fourth-order valence-corrected chi connectivity index (χ4v) is 16.7. The highest BCUT2D eigenvalue weighted by Gasteiger charge is 2.28. The van der Waals surface area contributed by atoms with Gasteiger partial charge < -0.3 is 38.1 Å². The minimum Gasteiger partial charge on any atom is -0.327 e. The van der Waals surface area contributed by atoms with Crippen molar-refractivity contribution in [3.8, 4) is 0 Å². The highest BCUT2D eigenvalue weighted by Crippen LogP contribution is 2.39. The molecule has 17 rings (SSSR count). The van der Waals surface area contributed by atoms with Crippen molar-refractivity contribution in [2.75, 3.05) is 79.5 Å². The van der Waals surface area contributed by atoms with Crippen molar-refractivity contribution in [1.29, 1.82) is 0 Å². The zero-order chi connectivity index (χ0) is 94.6. The summed E-state index contributed by atoms with van der Waals surface area (Å²) in [6.45, 7) is 7.88. The van der Waals surface area contributed by atoms with Gasteiger partial charge in [-0.05, 0) is 349 Å². The summed E-state index contributed by atoms with van der Waals surface area (Å²) in [6, 6.07) is 102. The molecule has 14 aromatic rings. The molecule has 2 unspecified atom stereocenters. The lowest BCUT2D eigenvalue weighted by molar-refractivity contribution is 0.345. The largest absolute Gasteiger partial charge is 0.327 e. The van der Waals surface area contributed by atoms with E-state index in [1.165, 1.54) is 132 Å². The zero-order valence-corrected chi connectivity index (χ0v) is 75.4. The first-order chi connectivity index (χ1) is 65.3. The second kappa shape index (κ2) is 54.7. The highest BCUT2D eigenvalue weighted by molar-refractivity contribution is 5.85. The van der Waals surface area contributed by atoms with E-state index in [9.17, 15) is 48.3 Å². The second-order valence-electron chi connectivity index (χ2n) is 32.3. The summed E-state index contributed by atoms with van der Waals surface area (Å²) in [6.07, 6.45) is 12.7. The van der Waals surface area contributed by atoms with Crippen LogP contribution in [-0.2, 0) is 0 Å². The summed E-state index contributed by atoms with van der Waals surface area (Å²) >= 11 is 0. The fraction of sp³-hybridized carbons (Fsp3) is 0.190. The van der Waals surface area contributed by atoms with Gasteiger partial charge in [-0.25, -0.2) is 48.3 Å². The summed E-state index contributed by atoms with van der Waals surface area (Å²) in [5, 5.41) is 16.2. The molecule has 0 amide bonds. The normalized spacial score (nSPS) is 13.7. The van der Waals surface area contributed by atoms with Gasteiger partial charge in [-0.15, -0.1) is 0 Å². The van der Waals surface area contributed by atoms with E-state index >= 15 is 0 Å². The van der Waals surface area contributed by atoms with Crippen LogP contribution in [0.5, 0.6) is 0 Å². The molecule has 690 valence electrons. The SMILES string of the molecule is CNCC=C(c1cccc(F)c1)c1cccc(F)c1.CNCCC(c1ccccc1)c1cccc(F)c1.Fc1cccc(C(=C2CCCNC2)c2cccc(F)c2)c1.Fc1cccc(C(=C2CCNCC2)c2cccc(F)c2)c1.Fc1cccc(C(c2cccc(F)c2)C2CCCNC2)c1.NC/C=C(/c1ccccc1)c1cccc(F)c1.NC/C=C(\c1ccccc1)c1cccc(F)c1. The van der Waals surface area contributed by atoms with Gasteiger partial charge in [-0.1, -0.05) is 248 Å². The number of nitrogens with one attached hydrogen (secondary N) is 5. The van der Waals surface area contributed by atoms with Crippen LogP contribution in [0.2, 0.25) is 0 Å². The first-order valence-electron chi connectivity index (χ1n) is 45.2. The van der Waals surface area contributed by atoms with Crippen LogP contribution in [0.15, 0.2) is 387 Å². The van der Waals surface area contributed by atoms with Gasteiger partial charge in [0, 0.05) is 38.0 Å². The van der Waals surface area contributed by atoms with E-state index in [0.717, 1.165) is 191 Å². The Morgan fingerprint density at radius 1 is 0.306 bits per heavy atom. The van der Waals surface area contributed by atoms with Gasteiger partial charge in [0.2, 0.25) is 0 Å². The van der Waals surface area contributed by atoms with Gasteiger partial charge in [0.1, 0.15) is 64.0 Å². The molecule has 0 spiro atoms. The summed E-state index contributed by atoms with van der Waals surface area (Å²) in [5.74, 6) is -2.16. The summed E-state index contributed by atoms with van der Waals surface area (Å²) in [7, 11) is 3.76. The Morgan fingerprint density at radius 2 is 0.619 bits per heavy atom. The van der Waals surface area contributed by atoms with Crippen LogP contribution in [-0.4, -0.2) is 79.5 Å². The topological polar surface area (TPSA) is 112 Å². The molecule has 0 saturated carbocycles. The fourth-order valence-electron chi connectivity index (χ4n) is 16.7. The molecule has 3 fully saturated rings. The third-order valence-electron chi connectivity index (χ3n) is 22.8. The molecule has 7 nitrogen and oxygen atoms in total. The highest BCUT2D eigenvalue weighted by atomic mass is 19.2. The van der Waals surface area contributed by atoms with Crippen molar-refractivity contribution in [3.63, 3.8) is 0 Å². The Hall–Kier alpha value is -13.3.